The van der Waals surface area contributed by atoms with Crippen molar-refractivity contribution in [1.82, 2.24) is 20.4 Å². The van der Waals surface area contributed by atoms with E-state index in [1.807, 2.05) is 0 Å². The molecule has 3 heterocycles. The van der Waals surface area contributed by atoms with Crippen LogP contribution >= 0.6 is 0 Å². The minimum atomic E-state index is 0.746. The Morgan fingerprint density at radius 2 is 1.77 bits per heavy atom. The molecular formula is C8H2N4O. The van der Waals surface area contributed by atoms with E-state index < -0.39 is 0 Å². The molecule has 0 aliphatic carbocycles. The van der Waals surface area contributed by atoms with Gasteiger partial charge in [0, 0.05) is 17.8 Å². The van der Waals surface area contributed by atoms with E-state index in [1.165, 1.54) is 0 Å². The van der Waals surface area contributed by atoms with Crippen LogP contribution in [0.2, 0.25) is 0 Å². The second-order valence-corrected chi connectivity index (χ2v) is 2.98. The van der Waals surface area contributed by atoms with Crippen LogP contribution in [0.3, 0.4) is 0 Å². The van der Waals surface area contributed by atoms with Gasteiger partial charge in [-0.3, -0.25) is 4.98 Å². The van der Waals surface area contributed by atoms with Crippen molar-refractivity contribution in [1.29, 1.82) is 0 Å². The maximum atomic E-state index is 5.30. The molecule has 5 heteroatoms. The normalized spacial score (nSPS) is 12.6. The zero-order chi connectivity index (χ0) is 8.41. The zero-order valence-corrected chi connectivity index (χ0v) is 6.35. The van der Waals surface area contributed by atoms with E-state index in [0.717, 1.165) is 33.0 Å². The monoisotopic (exact) mass is 170 g/mol. The van der Waals surface area contributed by atoms with Crippen molar-refractivity contribution in [2.45, 2.75) is 0 Å². The summed E-state index contributed by atoms with van der Waals surface area (Å²) in [6.07, 6.45) is 3.53. The van der Waals surface area contributed by atoms with E-state index in [-0.39, 0.29) is 0 Å². The Morgan fingerprint density at radius 3 is 2.77 bits per heavy atom. The summed E-state index contributed by atoms with van der Waals surface area (Å²) in [6, 6.07) is 0. The first-order valence-corrected chi connectivity index (χ1v) is 3.85. The van der Waals surface area contributed by atoms with E-state index >= 15 is 0 Å². The van der Waals surface area contributed by atoms with E-state index in [4.69, 9.17) is 4.42 Å². The van der Waals surface area contributed by atoms with Gasteiger partial charge < -0.3 is 4.42 Å². The summed E-state index contributed by atoms with van der Waals surface area (Å²) in [5.74, 6) is 0. The average molecular weight is 170 g/mol. The topological polar surface area (TPSA) is 64.7 Å². The fraction of sp³-hybridized carbons (Fsp3) is 0. The molecule has 0 fully saturated rings. The SMILES string of the molecule is c1ncc2c1c1nnnc1c1oc21. The minimum absolute atomic E-state index is 0.746. The number of aromatic nitrogens is 4. The first kappa shape index (κ1) is 5.58. The highest BCUT2D eigenvalue weighted by molar-refractivity contribution is 6.22. The first-order chi connectivity index (χ1) is 6.45. The number of benzene rings is 1. The van der Waals surface area contributed by atoms with Crippen molar-refractivity contribution in [2.24, 2.45) is 0 Å². The van der Waals surface area contributed by atoms with Crippen molar-refractivity contribution >= 4 is 33.0 Å². The van der Waals surface area contributed by atoms with Gasteiger partial charge in [0.05, 0.1) is 5.39 Å². The second-order valence-electron chi connectivity index (χ2n) is 2.98. The molecule has 0 saturated carbocycles. The zero-order valence-electron chi connectivity index (χ0n) is 6.35. The molecule has 60 valence electrons. The molecule has 0 unspecified atom stereocenters. The molecular weight excluding hydrogens is 168 g/mol. The smallest absolute Gasteiger partial charge is 0.200 e. The third kappa shape index (κ3) is 0.488. The van der Waals surface area contributed by atoms with Gasteiger partial charge in [0.25, 0.3) is 0 Å². The highest BCUT2D eigenvalue weighted by Crippen LogP contribution is 2.38. The van der Waals surface area contributed by atoms with Crippen molar-refractivity contribution in [3.63, 3.8) is 0 Å². The predicted molar refractivity (Wildman–Crippen MR) is 44.8 cm³/mol. The number of rotatable bonds is 0. The van der Waals surface area contributed by atoms with Gasteiger partial charge in [-0.2, -0.15) is 0 Å². The number of nitrogens with zero attached hydrogens (tertiary/aromatic N) is 4. The summed E-state index contributed by atoms with van der Waals surface area (Å²) in [4.78, 5) is 4.05. The lowest BCUT2D eigenvalue weighted by Gasteiger charge is -1.81. The van der Waals surface area contributed by atoms with Crippen molar-refractivity contribution < 1.29 is 4.42 Å². The Hall–Kier alpha value is -2.04. The number of fused-ring (bicyclic) bond motifs is 6. The van der Waals surface area contributed by atoms with E-state index in [9.17, 15) is 0 Å². The summed E-state index contributed by atoms with van der Waals surface area (Å²) in [6.45, 7) is 0. The molecule has 13 heavy (non-hydrogen) atoms. The second kappa shape index (κ2) is 1.52. The van der Waals surface area contributed by atoms with Gasteiger partial charge >= 0.3 is 0 Å². The lowest BCUT2D eigenvalue weighted by Crippen LogP contribution is -1.67. The molecule has 0 saturated heterocycles. The average Bonchev–Trinajstić information content (AvgIpc) is 2.67. The Balaban J connectivity index is 2.56. The van der Waals surface area contributed by atoms with Gasteiger partial charge in [0.2, 0.25) is 5.58 Å². The standard InChI is InChI=1S/C8H2N4O/c1-3-4(2-9-1)7-8(13-7)6-5(3)10-12-11-6/h1-2H. The quantitative estimate of drug-likeness (QED) is 0.396. The largest absolute Gasteiger partial charge is 0.446 e. The molecule has 0 aliphatic heterocycles. The fourth-order valence-electron chi connectivity index (χ4n) is 1.65. The van der Waals surface area contributed by atoms with Gasteiger partial charge in [-0.15, -0.1) is 10.2 Å². The van der Waals surface area contributed by atoms with Crippen molar-refractivity contribution in [3.05, 3.63) is 12.4 Å². The summed E-state index contributed by atoms with van der Waals surface area (Å²) in [5.41, 5.74) is 3.21. The fourth-order valence-corrected chi connectivity index (χ4v) is 1.65. The van der Waals surface area contributed by atoms with Crippen LogP contribution in [0.1, 0.15) is 0 Å². The summed E-state index contributed by atoms with van der Waals surface area (Å²) >= 11 is 0. The summed E-state index contributed by atoms with van der Waals surface area (Å²) in [5, 5.41) is 13.4. The van der Waals surface area contributed by atoms with Crippen LogP contribution in [0.25, 0.3) is 33.0 Å². The highest BCUT2D eigenvalue weighted by atomic mass is 16.4. The molecule has 4 aromatic rings. The van der Waals surface area contributed by atoms with Crippen LogP contribution in [0.4, 0.5) is 0 Å². The van der Waals surface area contributed by atoms with Crippen molar-refractivity contribution in [2.75, 3.05) is 0 Å². The Kier molecular flexibility index (Phi) is 0.651. The van der Waals surface area contributed by atoms with Crippen LogP contribution in [-0.2, 0) is 0 Å². The van der Waals surface area contributed by atoms with Gasteiger partial charge in [-0.05, 0) is 5.21 Å². The van der Waals surface area contributed by atoms with Crippen LogP contribution in [-0.4, -0.2) is 20.4 Å². The Morgan fingerprint density at radius 1 is 0.923 bits per heavy atom. The molecule has 0 N–H and O–H groups in total. The molecule has 0 amide bonds. The van der Waals surface area contributed by atoms with Gasteiger partial charge in [-0.1, -0.05) is 0 Å². The van der Waals surface area contributed by atoms with Gasteiger partial charge in [0.15, 0.2) is 11.1 Å². The third-order valence-corrected chi connectivity index (χ3v) is 2.29. The molecule has 3 aromatic heterocycles. The van der Waals surface area contributed by atoms with Crippen LogP contribution in [0.5, 0.6) is 0 Å². The highest BCUT2D eigenvalue weighted by Gasteiger charge is 2.21. The van der Waals surface area contributed by atoms with Crippen molar-refractivity contribution in [3.8, 4) is 0 Å². The van der Waals surface area contributed by atoms with Crippen LogP contribution in [0, 0.1) is 0 Å². The lowest BCUT2D eigenvalue weighted by atomic mass is 10.2. The molecule has 4 rings (SSSR count). The van der Waals surface area contributed by atoms with Crippen LogP contribution in [0.15, 0.2) is 16.8 Å². The molecule has 1 aromatic carbocycles. The number of hydrogen-bond acceptors (Lipinski definition) is 5. The molecule has 5 nitrogen and oxygen atoms in total. The first-order valence-electron chi connectivity index (χ1n) is 3.85. The van der Waals surface area contributed by atoms with E-state index in [2.05, 4.69) is 20.4 Å². The third-order valence-electron chi connectivity index (χ3n) is 2.29. The molecule has 0 radical (unpaired) electrons. The van der Waals surface area contributed by atoms with E-state index in [0.29, 0.717) is 0 Å². The van der Waals surface area contributed by atoms with Crippen LogP contribution < -0.4 is 0 Å². The maximum absolute atomic E-state index is 5.30. The van der Waals surface area contributed by atoms with E-state index in [1.54, 1.807) is 12.4 Å². The minimum Gasteiger partial charge on any atom is -0.446 e. The maximum Gasteiger partial charge on any atom is 0.200 e. The summed E-state index contributed by atoms with van der Waals surface area (Å²) < 4.78 is 5.30. The predicted octanol–water partition coefficient (Wildman–Crippen LogP) is 1.19. The lowest BCUT2D eigenvalue weighted by molar-refractivity contribution is 0.760. The number of hydrogen-bond donors (Lipinski definition) is 0. The van der Waals surface area contributed by atoms with Gasteiger partial charge in [0.1, 0.15) is 5.52 Å². The Bertz CT molecular complexity index is 642. The molecule has 0 aliphatic rings. The summed E-state index contributed by atoms with van der Waals surface area (Å²) in [7, 11) is 0. The van der Waals surface area contributed by atoms with Gasteiger partial charge in [-0.25, -0.2) is 0 Å². The molecule has 0 spiro atoms. The molecule has 0 bridgehead atoms. The Labute approximate surface area is 71.0 Å². The molecule has 0 atom stereocenters.